The number of nitrogens with two attached hydrogens (primary N) is 1. The molecule has 0 spiro atoms. The minimum atomic E-state index is -1.29. The molecular formula is C9H16FNO5. The summed E-state index contributed by atoms with van der Waals surface area (Å²) in [4.78, 5) is 20.7. The largest absolute Gasteiger partial charge is 0.481 e. The lowest BCUT2D eigenvalue weighted by Crippen LogP contribution is -2.43. The minimum absolute atomic E-state index is 0.00927. The maximum Gasteiger partial charge on any atom is 0.323 e. The van der Waals surface area contributed by atoms with E-state index in [-0.39, 0.29) is 12.8 Å². The van der Waals surface area contributed by atoms with Crippen LogP contribution in [0.15, 0.2) is 0 Å². The average Bonchev–Trinajstić information content (AvgIpc) is 2.21. The van der Waals surface area contributed by atoms with Gasteiger partial charge in [0.05, 0.1) is 6.10 Å². The van der Waals surface area contributed by atoms with E-state index in [9.17, 15) is 14.0 Å². The molecule has 2 atom stereocenters. The first-order valence-electron chi connectivity index (χ1n) is 4.86. The van der Waals surface area contributed by atoms with Gasteiger partial charge in [-0.05, 0) is 12.8 Å². The van der Waals surface area contributed by atoms with Crippen molar-refractivity contribution in [3.8, 4) is 0 Å². The van der Waals surface area contributed by atoms with Crippen molar-refractivity contribution in [2.24, 2.45) is 5.73 Å². The summed E-state index contributed by atoms with van der Waals surface area (Å²) in [6.45, 7) is -1.11. The van der Waals surface area contributed by atoms with Crippen LogP contribution in [0.3, 0.4) is 0 Å². The van der Waals surface area contributed by atoms with Crippen molar-refractivity contribution in [1.29, 1.82) is 0 Å². The molecule has 0 saturated heterocycles. The van der Waals surface area contributed by atoms with Crippen LogP contribution in [-0.4, -0.2) is 41.2 Å². The summed E-state index contributed by atoms with van der Waals surface area (Å²) in [5.74, 6) is -2.19. The van der Waals surface area contributed by atoms with Crippen LogP contribution in [0.2, 0.25) is 0 Å². The molecule has 0 amide bonds. The molecule has 0 bridgehead atoms. The van der Waals surface area contributed by atoms with Gasteiger partial charge in [0.25, 0.3) is 0 Å². The Kier molecular flexibility index (Phi) is 7.40. The number of carboxylic acid groups (broad SMARTS) is 2. The fourth-order valence-corrected chi connectivity index (χ4v) is 1.23. The smallest absolute Gasteiger partial charge is 0.323 e. The highest BCUT2D eigenvalue weighted by molar-refractivity contribution is 5.73. The molecule has 2 unspecified atom stereocenters. The van der Waals surface area contributed by atoms with E-state index < -0.39 is 30.9 Å². The number of aliphatic carboxylic acids is 2. The Morgan fingerprint density at radius 2 is 1.94 bits per heavy atom. The second kappa shape index (κ2) is 8.00. The number of halogens is 1. The third-order valence-corrected chi connectivity index (χ3v) is 2.09. The minimum Gasteiger partial charge on any atom is -0.481 e. The highest BCUT2D eigenvalue weighted by Crippen LogP contribution is 2.10. The second-order valence-corrected chi connectivity index (χ2v) is 3.32. The van der Waals surface area contributed by atoms with Crippen LogP contribution in [0, 0.1) is 0 Å². The summed E-state index contributed by atoms with van der Waals surface area (Å²) in [7, 11) is 0. The van der Waals surface area contributed by atoms with Gasteiger partial charge in [-0.15, -0.1) is 0 Å². The molecule has 0 aliphatic rings. The molecule has 0 rings (SSSR count). The van der Waals surface area contributed by atoms with E-state index in [1.54, 1.807) is 0 Å². The zero-order chi connectivity index (χ0) is 12.6. The molecule has 6 nitrogen and oxygen atoms in total. The van der Waals surface area contributed by atoms with E-state index in [1.807, 2.05) is 0 Å². The number of unbranched alkanes of at least 4 members (excludes halogenated alkanes) is 1. The van der Waals surface area contributed by atoms with Crippen LogP contribution in [0.5, 0.6) is 0 Å². The summed E-state index contributed by atoms with van der Waals surface area (Å²) in [5, 5.41) is 17.0. The van der Waals surface area contributed by atoms with Gasteiger partial charge in [-0.25, -0.2) is 4.39 Å². The van der Waals surface area contributed by atoms with Crippen molar-refractivity contribution >= 4 is 11.9 Å². The molecular weight excluding hydrogens is 220 g/mol. The average molecular weight is 236 g/mol. The molecule has 0 radical (unpaired) electrons. The lowest BCUT2D eigenvalue weighted by Gasteiger charge is -2.19. The van der Waals surface area contributed by atoms with Gasteiger partial charge in [-0.1, -0.05) is 6.42 Å². The van der Waals surface area contributed by atoms with Crippen LogP contribution in [-0.2, 0) is 14.3 Å². The fourth-order valence-electron chi connectivity index (χ4n) is 1.23. The summed E-state index contributed by atoms with van der Waals surface area (Å²) < 4.78 is 16.5. The van der Waals surface area contributed by atoms with E-state index in [2.05, 4.69) is 4.74 Å². The Bertz CT molecular complexity index is 236. The fraction of sp³-hybridized carbons (Fsp3) is 0.778. The molecule has 0 aromatic carbocycles. The third-order valence-electron chi connectivity index (χ3n) is 2.09. The monoisotopic (exact) mass is 236 g/mol. The molecule has 7 heteroatoms. The van der Waals surface area contributed by atoms with E-state index >= 15 is 0 Å². The Hall–Kier alpha value is -1.21. The van der Waals surface area contributed by atoms with Crippen LogP contribution in [0.1, 0.15) is 25.7 Å². The summed E-state index contributed by atoms with van der Waals surface area (Å²) in [6, 6.07) is -1.29. The van der Waals surface area contributed by atoms with Gasteiger partial charge in [0, 0.05) is 6.42 Å². The number of ether oxygens (including phenoxy) is 1. The van der Waals surface area contributed by atoms with Crippen LogP contribution < -0.4 is 5.73 Å². The number of hydrogen-bond donors (Lipinski definition) is 3. The number of rotatable bonds is 9. The molecule has 4 N–H and O–H groups in total. The molecule has 0 heterocycles. The van der Waals surface area contributed by atoms with Gasteiger partial charge in [-0.2, -0.15) is 0 Å². The van der Waals surface area contributed by atoms with Crippen molar-refractivity contribution in [1.82, 2.24) is 0 Å². The first kappa shape index (κ1) is 14.8. The van der Waals surface area contributed by atoms with E-state index in [0.717, 1.165) is 0 Å². The SMILES string of the molecule is NC(C(=O)O)C(CCCCC(=O)O)OC[18F]. The predicted molar refractivity (Wildman–Crippen MR) is 52.6 cm³/mol. The van der Waals surface area contributed by atoms with E-state index in [0.29, 0.717) is 12.8 Å². The van der Waals surface area contributed by atoms with Gasteiger partial charge in [0.15, 0.2) is 6.86 Å². The van der Waals surface area contributed by atoms with Gasteiger partial charge in [0.2, 0.25) is 0 Å². The zero-order valence-corrected chi connectivity index (χ0v) is 8.76. The van der Waals surface area contributed by atoms with Crippen LogP contribution in [0.25, 0.3) is 0 Å². The normalized spacial score (nSPS) is 14.4. The maximum atomic E-state index is 11.9. The topological polar surface area (TPSA) is 110 Å². The lowest BCUT2D eigenvalue weighted by atomic mass is 10.0. The molecule has 0 fully saturated rings. The van der Waals surface area contributed by atoms with Crippen molar-refractivity contribution in [2.45, 2.75) is 37.8 Å². The first-order valence-corrected chi connectivity index (χ1v) is 4.86. The van der Waals surface area contributed by atoms with Gasteiger partial charge < -0.3 is 20.7 Å². The number of carbonyl (C=O) groups is 2. The maximum absolute atomic E-state index is 11.9. The summed E-state index contributed by atoms with van der Waals surface area (Å²) >= 11 is 0. The quantitative estimate of drug-likeness (QED) is 0.498. The van der Waals surface area contributed by atoms with Crippen LogP contribution in [0.4, 0.5) is 4.39 Å². The molecule has 0 aromatic heterocycles. The molecule has 0 aromatic rings. The van der Waals surface area contributed by atoms with Gasteiger partial charge >= 0.3 is 11.9 Å². The predicted octanol–water partition coefficient (Wildman–Crippen LogP) is 0.355. The van der Waals surface area contributed by atoms with Crippen molar-refractivity contribution in [3.63, 3.8) is 0 Å². The Balaban J connectivity index is 3.93. The Morgan fingerprint density at radius 1 is 1.31 bits per heavy atom. The lowest BCUT2D eigenvalue weighted by molar-refractivity contribution is -0.144. The second-order valence-electron chi connectivity index (χ2n) is 3.32. The number of carboxylic acids is 2. The van der Waals surface area contributed by atoms with Crippen molar-refractivity contribution in [2.75, 3.05) is 6.86 Å². The van der Waals surface area contributed by atoms with Crippen molar-refractivity contribution in [3.05, 3.63) is 0 Å². The molecule has 94 valence electrons. The molecule has 0 saturated carbocycles. The Morgan fingerprint density at radius 3 is 2.38 bits per heavy atom. The van der Waals surface area contributed by atoms with Crippen LogP contribution >= 0.6 is 0 Å². The molecule has 16 heavy (non-hydrogen) atoms. The van der Waals surface area contributed by atoms with Gasteiger partial charge in [-0.3, -0.25) is 9.59 Å². The molecule has 0 aliphatic carbocycles. The standard InChI is InChI=1S/C9H16FNO5/c10-5-16-6(8(11)9(14)15)3-1-2-4-7(12)13/h6,8H,1-5,11H2,(H,12,13)(H,14,15)/i10-1. The summed E-state index contributed by atoms with van der Waals surface area (Å²) in [6.07, 6.45) is 0.109. The number of alkyl halides is 1. The highest BCUT2D eigenvalue weighted by Gasteiger charge is 2.24. The van der Waals surface area contributed by atoms with Gasteiger partial charge in [0.1, 0.15) is 6.04 Å². The first-order chi connectivity index (χ1) is 7.49. The summed E-state index contributed by atoms with van der Waals surface area (Å²) in [5.41, 5.74) is 5.28. The zero-order valence-electron chi connectivity index (χ0n) is 8.76. The highest BCUT2D eigenvalue weighted by atomic mass is 18.2. The van der Waals surface area contributed by atoms with E-state index in [1.165, 1.54) is 0 Å². The van der Waals surface area contributed by atoms with E-state index in [4.69, 9.17) is 15.9 Å². The molecule has 0 aliphatic heterocycles. The third kappa shape index (κ3) is 6.31. The Labute approximate surface area is 92.2 Å². The number of hydrogen-bond acceptors (Lipinski definition) is 4. The van der Waals surface area contributed by atoms with Crippen molar-refractivity contribution < 1.29 is 28.9 Å².